The molecule has 0 fully saturated rings. The van der Waals surface area contributed by atoms with Crippen molar-refractivity contribution in [3.63, 3.8) is 0 Å². The van der Waals surface area contributed by atoms with E-state index in [1.165, 1.54) is 165 Å². The summed E-state index contributed by atoms with van der Waals surface area (Å²) in [4.78, 5) is 11.0. The molecule has 5 atom stereocenters. The molecule has 0 saturated heterocycles. The number of nitrogens with zero attached hydrogens (tertiary/aromatic N) is 5. The van der Waals surface area contributed by atoms with Gasteiger partial charge in [-0.05, 0) is 199 Å². The Labute approximate surface area is 824 Å². The molecule has 0 radical (unpaired) electrons. The number of ether oxygens (including phenoxy) is 5. The van der Waals surface area contributed by atoms with Crippen LogP contribution in [0.5, 0.6) is 28.7 Å². The molecule has 15 heteroatoms. The van der Waals surface area contributed by atoms with E-state index >= 15 is 0 Å². The van der Waals surface area contributed by atoms with Crippen molar-refractivity contribution < 1.29 is 23.7 Å². The maximum absolute atomic E-state index is 6.61. The number of para-hydroxylation sites is 3. The van der Waals surface area contributed by atoms with E-state index in [2.05, 4.69) is 465 Å². The smallest absolute Gasteiger partial charge is 0.131 e. The van der Waals surface area contributed by atoms with E-state index < -0.39 is 0 Å². The highest BCUT2D eigenvalue weighted by Gasteiger charge is 2.28. The SMILES string of the molecule is CN(C)c1ccccc1Pc1cc(C(C)(C)C)cc(C(C)(C)C)c1OCc1ccccc1.Cc1cc(C)c(OCc2ccccc2)c(Pc2ccc(C)cc2N(C)C)c1.Cc1ccc(OCc2ccccc2)c(Pc2ccc(C)cc2N(C)C)c1.Cc1ccc(Pc2cccc(C)c2OCc2ccccc2)c(N(C)C)c1.Cc1ccc(Pc2ccccc2OCc2ccccc2)c(N(C)C)c1. The van der Waals surface area contributed by atoms with Crippen molar-refractivity contribution in [1.82, 2.24) is 0 Å². The zero-order valence-corrected chi connectivity index (χ0v) is 89.6. The van der Waals surface area contributed by atoms with Crippen LogP contribution in [0.4, 0.5) is 28.4 Å². The summed E-state index contributed by atoms with van der Waals surface area (Å²) in [5.74, 6) is 5.02. The molecule has 0 N–H and O–H groups in total. The van der Waals surface area contributed by atoms with Gasteiger partial charge in [-0.1, -0.05) is 363 Å². The fourth-order valence-corrected chi connectivity index (χ4v) is 22.7. The molecule has 5 unspecified atom stereocenters. The molecule has 706 valence electrons. The van der Waals surface area contributed by atoms with Gasteiger partial charge in [-0.25, -0.2) is 0 Å². The van der Waals surface area contributed by atoms with Gasteiger partial charge in [0.15, 0.2) is 0 Å². The first kappa shape index (κ1) is 105. The lowest BCUT2D eigenvalue weighted by Gasteiger charge is -2.30. The summed E-state index contributed by atoms with van der Waals surface area (Å²) in [5, 5.41) is 13.0. The van der Waals surface area contributed by atoms with Gasteiger partial charge in [0, 0.05) is 158 Å². The number of hydrogen-bond donors (Lipinski definition) is 0. The van der Waals surface area contributed by atoms with E-state index in [1.807, 2.05) is 60.7 Å². The lowest BCUT2D eigenvalue weighted by atomic mass is 9.80. The van der Waals surface area contributed by atoms with Gasteiger partial charge in [0.25, 0.3) is 0 Å². The van der Waals surface area contributed by atoms with Crippen molar-refractivity contribution in [3.05, 3.63) is 417 Å². The van der Waals surface area contributed by atoms with Crippen molar-refractivity contribution in [1.29, 1.82) is 0 Å². The van der Waals surface area contributed by atoms with Crippen LogP contribution in [0.2, 0.25) is 0 Å². The van der Waals surface area contributed by atoms with Gasteiger partial charge in [-0.3, -0.25) is 0 Å². The minimum Gasteiger partial charge on any atom is -0.488 e. The standard InChI is InChI=1S/C29H38NOP.C24H28NOP.2C23H26NOP.C22H24NOP/c1-28(2,3)22-18-23(29(4,5)6)27(31-20-21-14-10-9-11-15-21)26(19-22)32-25-17-13-12-16-24(25)30(7)8;1-17-11-12-22(21(14-17)25(4)5)27-23-15-18(2)13-19(3)24(23)26-16-20-9-7-6-8-10-20;1-17-13-14-21(20(15-17)24(3)4)26-22-12-8-9-18(2)23(22)25-16-19-10-6-5-7-11-19;1-17-11-13-22(20(14-17)24(3)4)26-23-15-18(2)10-12-21(23)25-16-19-8-6-5-7-9-19;1-17-13-14-21(19(15-17)23(2)3)25-22-12-8-7-11-20(22)24-16-18-9-5-4-6-10-18/h9-19,32H,20H2,1-8H3;6-15,27H,16H2,1-5H3;2*5-15,26H,16H2,1-4H3;4-15,25H,16H2,1-3H3. The Kier molecular flexibility index (Phi) is 39.4. The van der Waals surface area contributed by atoms with Crippen LogP contribution < -0.4 is 101 Å². The zero-order valence-electron chi connectivity index (χ0n) is 84.6. The lowest BCUT2D eigenvalue weighted by Crippen LogP contribution is -2.24. The van der Waals surface area contributed by atoms with Crippen LogP contribution in [0.3, 0.4) is 0 Å². The van der Waals surface area contributed by atoms with Gasteiger partial charge in [0.2, 0.25) is 0 Å². The van der Waals surface area contributed by atoms with Crippen molar-refractivity contribution in [2.45, 2.75) is 141 Å². The van der Waals surface area contributed by atoms with Gasteiger partial charge in [0.05, 0.1) is 0 Å². The van der Waals surface area contributed by atoms with Crippen molar-refractivity contribution in [2.24, 2.45) is 0 Å². The van der Waals surface area contributed by atoms with Crippen LogP contribution in [-0.2, 0) is 43.9 Å². The zero-order chi connectivity index (χ0) is 97.6. The molecule has 15 rings (SSSR count). The fourth-order valence-electron chi connectivity index (χ4n) is 15.4. The van der Waals surface area contributed by atoms with E-state index in [0.717, 1.165) is 28.7 Å². The highest BCUT2D eigenvalue weighted by molar-refractivity contribution is 7.57. The third-order valence-electron chi connectivity index (χ3n) is 22.8. The van der Waals surface area contributed by atoms with E-state index in [9.17, 15) is 0 Å². The van der Waals surface area contributed by atoms with E-state index in [1.54, 1.807) is 0 Å². The van der Waals surface area contributed by atoms with Crippen LogP contribution in [0.15, 0.2) is 334 Å². The Morgan fingerprint density at radius 2 is 0.500 bits per heavy atom. The topological polar surface area (TPSA) is 62.4 Å². The molecule has 0 heterocycles. The molecule has 0 saturated carbocycles. The van der Waals surface area contributed by atoms with Gasteiger partial charge < -0.3 is 48.2 Å². The molecule has 15 aromatic carbocycles. The minimum atomic E-state index is -0.0203. The third kappa shape index (κ3) is 31.8. The summed E-state index contributed by atoms with van der Waals surface area (Å²) in [6.45, 7) is 33.8. The van der Waals surface area contributed by atoms with Crippen LogP contribution in [0.1, 0.15) is 125 Å². The number of aryl methyl sites for hydroxylation is 8. The maximum atomic E-state index is 6.61. The average Bonchev–Trinajstić information content (AvgIpc) is 0.767. The van der Waals surface area contributed by atoms with Gasteiger partial charge in [0.1, 0.15) is 61.8 Å². The number of hydrogen-bond acceptors (Lipinski definition) is 10. The summed E-state index contributed by atoms with van der Waals surface area (Å²) < 4.78 is 31.4. The first-order valence-corrected chi connectivity index (χ1v) is 51.8. The minimum absolute atomic E-state index is 0.0203. The second kappa shape index (κ2) is 51.0. The predicted octanol–water partition coefficient (Wildman–Crippen LogP) is 24.9. The number of rotatable bonds is 30. The van der Waals surface area contributed by atoms with Crippen LogP contribution >= 0.6 is 42.9 Å². The van der Waals surface area contributed by atoms with Crippen molar-refractivity contribution in [2.75, 3.05) is 95.0 Å². The predicted molar refractivity (Wildman–Crippen MR) is 603 cm³/mol. The molecule has 0 amide bonds. The number of anilines is 5. The summed E-state index contributed by atoms with van der Waals surface area (Å²) in [6, 6.07) is 118. The Bertz CT molecular complexity index is 6260. The Balaban J connectivity index is 0.000000164. The molecular weight excluding hydrogens is 1760 g/mol. The normalized spacial score (nSPS) is 11.4. The summed E-state index contributed by atoms with van der Waals surface area (Å²) in [6.07, 6.45) is 0. The molecule has 0 aliphatic heterocycles. The van der Waals surface area contributed by atoms with E-state index in [4.69, 9.17) is 23.7 Å². The number of benzene rings is 15. The van der Waals surface area contributed by atoms with Gasteiger partial charge >= 0.3 is 0 Å². The summed E-state index contributed by atoms with van der Waals surface area (Å²) >= 11 is 0. The Hall–Kier alpha value is -11.6. The Morgan fingerprint density at radius 3 is 0.897 bits per heavy atom. The second-order valence-electron chi connectivity index (χ2n) is 37.9. The maximum Gasteiger partial charge on any atom is 0.131 e. The average molecular weight is 1900 g/mol. The molecular formula is C121H142N5O5P5. The van der Waals surface area contributed by atoms with Gasteiger partial charge in [-0.2, -0.15) is 0 Å². The third-order valence-corrected chi connectivity index (χ3v) is 29.6. The van der Waals surface area contributed by atoms with Crippen LogP contribution in [-0.4, -0.2) is 70.5 Å². The van der Waals surface area contributed by atoms with Crippen LogP contribution in [0.25, 0.3) is 0 Å². The Morgan fingerprint density at radius 1 is 0.206 bits per heavy atom. The van der Waals surface area contributed by atoms with E-state index in [0.29, 0.717) is 75.9 Å². The summed E-state index contributed by atoms with van der Waals surface area (Å²) in [7, 11) is 23.8. The van der Waals surface area contributed by atoms with E-state index in [-0.39, 0.29) is 10.8 Å². The largest absolute Gasteiger partial charge is 0.488 e. The molecule has 0 bridgehead atoms. The molecule has 15 aromatic rings. The first-order valence-electron chi connectivity index (χ1n) is 46.8. The molecule has 136 heavy (non-hydrogen) atoms. The lowest BCUT2D eigenvalue weighted by molar-refractivity contribution is 0.300. The monoisotopic (exact) mass is 1900 g/mol. The molecule has 0 aliphatic rings. The molecule has 0 aromatic heterocycles. The highest BCUT2D eigenvalue weighted by atomic mass is 31.1. The van der Waals surface area contributed by atoms with Crippen molar-refractivity contribution in [3.8, 4) is 28.7 Å². The highest BCUT2D eigenvalue weighted by Crippen LogP contribution is 2.40. The molecule has 0 aliphatic carbocycles. The van der Waals surface area contributed by atoms with Crippen molar-refractivity contribution >= 4 is 124 Å². The molecule has 10 nitrogen and oxygen atoms in total. The second-order valence-corrected chi connectivity index (χ2v) is 44.5. The first-order chi connectivity index (χ1) is 65.1. The van der Waals surface area contributed by atoms with Crippen LogP contribution in [0, 0.1) is 55.4 Å². The summed E-state index contributed by atoms with van der Waals surface area (Å²) in [5.41, 5.74) is 25.1. The fraction of sp³-hybridized carbons (Fsp3) is 0.256. The van der Waals surface area contributed by atoms with Gasteiger partial charge in [-0.15, -0.1) is 0 Å². The quantitative estimate of drug-likeness (QED) is 0.0407. The molecule has 0 spiro atoms.